The molecule has 1 aliphatic rings. The lowest BCUT2D eigenvalue weighted by atomic mass is 10.0. The maximum Gasteiger partial charge on any atom is 0.257 e. The summed E-state index contributed by atoms with van der Waals surface area (Å²) in [6.07, 6.45) is 7.59. The minimum atomic E-state index is 0.0622. The Hall–Kier alpha value is -2.89. The molecule has 0 saturated carbocycles. The molecule has 1 aliphatic heterocycles. The summed E-state index contributed by atoms with van der Waals surface area (Å²) in [5.41, 5.74) is 2.52. The highest BCUT2D eigenvalue weighted by molar-refractivity contribution is 5.95. The number of likely N-dealkylation sites (tertiary alicyclic amines) is 1. The van der Waals surface area contributed by atoms with Gasteiger partial charge in [0.25, 0.3) is 5.91 Å². The van der Waals surface area contributed by atoms with E-state index < -0.39 is 0 Å². The molecule has 1 amide bonds. The molecule has 1 fully saturated rings. The fraction of sp³-hybridized carbons (Fsp3) is 0.350. The van der Waals surface area contributed by atoms with E-state index in [4.69, 9.17) is 0 Å². The summed E-state index contributed by atoms with van der Waals surface area (Å²) in [5, 5.41) is 4.44. The Balaban J connectivity index is 1.56. The Morgan fingerprint density at radius 1 is 1.19 bits per heavy atom. The summed E-state index contributed by atoms with van der Waals surface area (Å²) in [7, 11) is 0. The predicted molar refractivity (Wildman–Crippen MR) is 99.4 cm³/mol. The Kier molecular flexibility index (Phi) is 4.32. The number of hydrogen-bond acceptors (Lipinski definition) is 3. The second kappa shape index (κ2) is 6.78. The van der Waals surface area contributed by atoms with Crippen LogP contribution in [0.2, 0.25) is 0 Å². The lowest BCUT2D eigenvalue weighted by Gasteiger charge is -2.33. The first kappa shape index (κ1) is 16.6. The smallest absolute Gasteiger partial charge is 0.257 e. The Morgan fingerprint density at radius 2 is 2.00 bits per heavy atom. The molecule has 0 bridgehead atoms. The number of rotatable bonds is 3. The second-order valence-corrected chi connectivity index (χ2v) is 6.82. The Bertz CT molecular complexity index is 911. The minimum absolute atomic E-state index is 0.0622. The summed E-state index contributed by atoms with van der Waals surface area (Å²) < 4.78 is 4.01. The average molecular weight is 349 g/mol. The van der Waals surface area contributed by atoms with Gasteiger partial charge in [-0.2, -0.15) is 5.10 Å². The minimum Gasteiger partial charge on any atom is -0.336 e. The molecular weight excluding hydrogens is 326 g/mol. The zero-order valence-electron chi connectivity index (χ0n) is 15.2. The number of benzene rings is 1. The maximum absolute atomic E-state index is 13.1. The monoisotopic (exact) mass is 349 g/mol. The molecule has 3 heterocycles. The van der Waals surface area contributed by atoms with E-state index in [1.54, 1.807) is 6.20 Å². The van der Waals surface area contributed by atoms with Gasteiger partial charge in [-0.1, -0.05) is 18.2 Å². The van der Waals surface area contributed by atoms with Crippen LogP contribution in [0.3, 0.4) is 0 Å². The molecule has 0 N–H and O–H groups in total. The number of carbonyl (C=O) groups excluding carboxylic acids is 1. The van der Waals surface area contributed by atoms with Crippen molar-refractivity contribution in [3.63, 3.8) is 0 Å². The standard InChI is InChI=1S/C20H23N5O/c1-15-19(13-22-25(15)17-7-4-3-5-8-17)20(26)23-11-6-9-18(14-23)24-12-10-21-16(24)2/h3-5,7-8,10,12-13,18H,6,9,11,14H2,1-2H3/t18-/m1/s1. The van der Waals surface area contributed by atoms with Crippen molar-refractivity contribution in [3.05, 3.63) is 66.0 Å². The molecule has 134 valence electrons. The van der Waals surface area contributed by atoms with Crippen LogP contribution in [0.1, 0.15) is 40.8 Å². The van der Waals surface area contributed by atoms with Crippen molar-refractivity contribution < 1.29 is 4.79 Å². The van der Waals surface area contributed by atoms with Gasteiger partial charge in [-0.3, -0.25) is 4.79 Å². The first-order chi connectivity index (χ1) is 12.6. The van der Waals surface area contributed by atoms with Crippen LogP contribution >= 0.6 is 0 Å². The summed E-state index contributed by atoms with van der Waals surface area (Å²) in [4.78, 5) is 19.4. The van der Waals surface area contributed by atoms with Crippen LogP contribution in [0.15, 0.2) is 48.9 Å². The molecule has 0 radical (unpaired) electrons. The summed E-state index contributed by atoms with van der Waals surface area (Å²) in [6.45, 7) is 5.47. The Morgan fingerprint density at radius 3 is 2.73 bits per heavy atom. The molecule has 0 aliphatic carbocycles. The number of nitrogens with zero attached hydrogens (tertiary/aromatic N) is 5. The molecule has 26 heavy (non-hydrogen) atoms. The molecule has 2 aromatic heterocycles. The van der Waals surface area contributed by atoms with E-state index in [0.29, 0.717) is 18.2 Å². The van der Waals surface area contributed by atoms with Gasteiger partial charge in [-0.05, 0) is 38.8 Å². The molecule has 6 heteroatoms. The number of aromatic nitrogens is 4. The van der Waals surface area contributed by atoms with Gasteiger partial charge in [0.1, 0.15) is 5.82 Å². The normalized spacial score (nSPS) is 17.5. The van der Waals surface area contributed by atoms with Crippen molar-refractivity contribution in [2.45, 2.75) is 32.7 Å². The van der Waals surface area contributed by atoms with Gasteiger partial charge < -0.3 is 9.47 Å². The molecule has 3 aromatic rings. The van der Waals surface area contributed by atoms with E-state index in [9.17, 15) is 4.79 Å². The van der Waals surface area contributed by atoms with Crippen LogP contribution in [0.4, 0.5) is 0 Å². The van der Waals surface area contributed by atoms with Crippen LogP contribution in [-0.2, 0) is 0 Å². The molecule has 0 unspecified atom stereocenters. The van der Waals surface area contributed by atoms with Gasteiger partial charge in [-0.25, -0.2) is 9.67 Å². The van der Waals surface area contributed by atoms with Gasteiger partial charge in [0.2, 0.25) is 0 Å². The fourth-order valence-corrected chi connectivity index (χ4v) is 3.76. The fourth-order valence-electron chi connectivity index (χ4n) is 3.76. The van der Waals surface area contributed by atoms with E-state index in [0.717, 1.165) is 36.6 Å². The topological polar surface area (TPSA) is 56.0 Å². The van der Waals surface area contributed by atoms with Gasteiger partial charge in [0.05, 0.1) is 29.2 Å². The van der Waals surface area contributed by atoms with Crippen molar-refractivity contribution in [1.29, 1.82) is 0 Å². The summed E-state index contributed by atoms with van der Waals surface area (Å²) in [6, 6.07) is 10.2. The van der Waals surface area contributed by atoms with Crippen molar-refractivity contribution in [1.82, 2.24) is 24.2 Å². The highest BCUT2D eigenvalue weighted by atomic mass is 16.2. The van der Waals surface area contributed by atoms with Gasteiger partial charge >= 0.3 is 0 Å². The zero-order chi connectivity index (χ0) is 18.1. The third kappa shape index (κ3) is 2.92. The molecular formula is C20H23N5O. The number of imidazole rings is 1. The van der Waals surface area contributed by atoms with E-state index in [-0.39, 0.29) is 5.91 Å². The Labute approximate surface area is 153 Å². The maximum atomic E-state index is 13.1. The number of aryl methyl sites for hydroxylation is 1. The SMILES string of the molecule is Cc1nccn1[C@@H]1CCCN(C(=O)c2cnn(-c3ccccc3)c2C)C1. The number of hydrogen-bond donors (Lipinski definition) is 0. The summed E-state index contributed by atoms with van der Waals surface area (Å²) >= 11 is 0. The van der Waals surface area contributed by atoms with Crippen molar-refractivity contribution >= 4 is 5.91 Å². The lowest BCUT2D eigenvalue weighted by Crippen LogP contribution is -2.41. The summed E-state index contributed by atoms with van der Waals surface area (Å²) in [5.74, 6) is 1.06. The first-order valence-electron chi connectivity index (χ1n) is 9.04. The van der Waals surface area contributed by atoms with Gasteiger partial charge in [-0.15, -0.1) is 0 Å². The van der Waals surface area contributed by atoms with Crippen LogP contribution in [0, 0.1) is 13.8 Å². The lowest BCUT2D eigenvalue weighted by molar-refractivity contribution is 0.0677. The highest BCUT2D eigenvalue weighted by Gasteiger charge is 2.28. The van der Waals surface area contributed by atoms with E-state index in [1.807, 2.05) is 66.2 Å². The zero-order valence-corrected chi connectivity index (χ0v) is 15.2. The molecule has 0 spiro atoms. The number of piperidine rings is 1. The number of para-hydroxylation sites is 1. The van der Waals surface area contributed by atoms with Crippen molar-refractivity contribution in [2.24, 2.45) is 0 Å². The average Bonchev–Trinajstić information content (AvgIpc) is 3.27. The third-order valence-corrected chi connectivity index (χ3v) is 5.18. The van der Waals surface area contributed by atoms with Crippen LogP contribution in [0.25, 0.3) is 5.69 Å². The highest BCUT2D eigenvalue weighted by Crippen LogP contribution is 2.25. The second-order valence-electron chi connectivity index (χ2n) is 6.82. The molecule has 4 rings (SSSR count). The largest absolute Gasteiger partial charge is 0.336 e. The number of carbonyl (C=O) groups is 1. The molecule has 6 nitrogen and oxygen atoms in total. The first-order valence-corrected chi connectivity index (χ1v) is 9.04. The van der Waals surface area contributed by atoms with Crippen LogP contribution < -0.4 is 0 Å². The quantitative estimate of drug-likeness (QED) is 0.730. The van der Waals surface area contributed by atoms with Gasteiger partial charge in [0, 0.05) is 25.5 Å². The van der Waals surface area contributed by atoms with E-state index in [2.05, 4.69) is 14.6 Å². The van der Waals surface area contributed by atoms with E-state index in [1.165, 1.54) is 0 Å². The molecule has 1 atom stereocenters. The van der Waals surface area contributed by atoms with Gasteiger partial charge in [0.15, 0.2) is 0 Å². The third-order valence-electron chi connectivity index (χ3n) is 5.18. The van der Waals surface area contributed by atoms with Crippen LogP contribution in [0.5, 0.6) is 0 Å². The molecule has 1 aromatic carbocycles. The van der Waals surface area contributed by atoms with Crippen molar-refractivity contribution in [2.75, 3.05) is 13.1 Å². The predicted octanol–water partition coefficient (Wildman–Crippen LogP) is 3.16. The van der Waals surface area contributed by atoms with E-state index >= 15 is 0 Å². The van der Waals surface area contributed by atoms with Crippen molar-refractivity contribution in [3.8, 4) is 5.69 Å². The van der Waals surface area contributed by atoms with Crippen LogP contribution in [-0.4, -0.2) is 43.2 Å². The number of amides is 1. The molecule has 1 saturated heterocycles.